The average molecular weight is 379 g/mol. The summed E-state index contributed by atoms with van der Waals surface area (Å²) in [5, 5.41) is 8.52. The second-order valence-electron chi connectivity index (χ2n) is 7.40. The zero-order valence-electron chi connectivity index (χ0n) is 17.2. The Morgan fingerprint density at radius 2 is 1.50 bits per heavy atom. The Morgan fingerprint density at radius 1 is 0.821 bits per heavy atom. The summed E-state index contributed by atoms with van der Waals surface area (Å²) in [4.78, 5) is 0. The fourth-order valence-electron chi connectivity index (χ4n) is 3.38. The molecule has 148 valence electrons. The Bertz CT molecular complexity index is 866. The van der Waals surface area contributed by atoms with E-state index >= 15 is 0 Å². The van der Waals surface area contributed by atoms with Gasteiger partial charge < -0.3 is 9.15 Å². The number of ether oxygens (including phenoxy) is 1. The fourth-order valence-corrected chi connectivity index (χ4v) is 3.38. The smallest absolute Gasteiger partial charge is 0.251 e. The van der Waals surface area contributed by atoms with Gasteiger partial charge in [0, 0.05) is 5.56 Å². The maximum Gasteiger partial charge on any atom is 0.251 e. The van der Waals surface area contributed by atoms with E-state index in [9.17, 15) is 0 Å². The first-order valence-electron chi connectivity index (χ1n) is 10.3. The standard InChI is InChI=1S/C24H30N2O2/c1-4-5-6-7-8-11-14-27-22-13-10-9-12-21(22)24-26-25-23(28-24)20-16-18(2)15-19(3)17-20/h9-10,12-13,15-17H,4-8,11,14H2,1-3H3. The van der Waals surface area contributed by atoms with Crippen LogP contribution in [0.25, 0.3) is 22.9 Å². The number of nitrogens with zero attached hydrogens (tertiary/aromatic N) is 2. The zero-order valence-corrected chi connectivity index (χ0v) is 17.2. The van der Waals surface area contributed by atoms with Crippen molar-refractivity contribution in [1.29, 1.82) is 0 Å². The van der Waals surface area contributed by atoms with Gasteiger partial charge in [0.1, 0.15) is 5.75 Å². The number of hydrogen-bond acceptors (Lipinski definition) is 4. The van der Waals surface area contributed by atoms with E-state index in [-0.39, 0.29) is 0 Å². The van der Waals surface area contributed by atoms with E-state index in [1.165, 1.54) is 43.2 Å². The summed E-state index contributed by atoms with van der Waals surface area (Å²) < 4.78 is 12.0. The summed E-state index contributed by atoms with van der Waals surface area (Å²) >= 11 is 0. The highest BCUT2D eigenvalue weighted by atomic mass is 16.5. The molecule has 0 N–H and O–H groups in total. The van der Waals surface area contributed by atoms with Crippen LogP contribution in [0.1, 0.15) is 56.6 Å². The molecule has 0 aliphatic carbocycles. The van der Waals surface area contributed by atoms with Gasteiger partial charge >= 0.3 is 0 Å². The summed E-state index contributed by atoms with van der Waals surface area (Å²) in [5.41, 5.74) is 4.15. The van der Waals surface area contributed by atoms with Gasteiger partial charge in [0.05, 0.1) is 12.2 Å². The van der Waals surface area contributed by atoms with Gasteiger partial charge in [-0.05, 0) is 44.5 Å². The van der Waals surface area contributed by atoms with Gasteiger partial charge in [0.15, 0.2) is 0 Å². The molecule has 0 amide bonds. The zero-order chi connectivity index (χ0) is 19.8. The molecule has 0 fully saturated rings. The van der Waals surface area contributed by atoms with Crippen LogP contribution in [-0.4, -0.2) is 16.8 Å². The minimum absolute atomic E-state index is 0.493. The number of benzene rings is 2. The van der Waals surface area contributed by atoms with Gasteiger partial charge in [-0.3, -0.25) is 0 Å². The van der Waals surface area contributed by atoms with Gasteiger partial charge in [-0.25, -0.2) is 0 Å². The van der Waals surface area contributed by atoms with Crippen LogP contribution in [0.2, 0.25) is 0 Å². The van der Waals surface area contributed by atoms with Gasteiger partial charge in [0.2, 0.25) is 5.89 Å². The quantitative estimate of drug-likeness (QED) is 0.366. The van der Waals surface area contributed by atoms with E-state index in [1.807, 2.05) is 24.3 Å². The third-order valence-corrected chi connectivity index (χ3v) is 4.77. The molecule has 0 spiro atoms. The molecule has 3 rings (SSSR count). The molecule has 0 aliphatic heterocycles. The van der Waals surface area contributed by atoms with Crippen LogP contribution in [0.3, 0.4) is 0 Å². The van der Waals surface area contributed by atoms with E-state index < -0.39 is 0 Å². The van der Waals surface area contributed by atoms with Crippen molar-refractivity contribution < 1.29 is 9.15 Å². The predicted molar refractivity (Wildman–Crippen MR) is 114 cm³/mol. The summed E-state index contributed by atoms with van der Waals surface area (Å²) in [7, 11) is 0. The number of unbranched alkanes of at least 4 members (excludes halogenated alkanes) is 5. The molecule has 0 atom stereocenters. The van der Waals surface area contributed by atoms with E-state index in [0.29, 0.717) is 18.4 Å². The van der Waals surface area contributed by atoms with Crippen LogP contribution in [0, 0.1) is 13.8 Å². The molecule has 0 aliphatic rings. The summed E-state index contributed by atoms with van der Waals surface area (Å²) in [6.07, 6.45) is 7.47. The molecular formula is C24H30N2O2. The molecule has 0 radical (unpaired) electrons. The molecule has 0 unspecified atom stereocenters. The van der Waals surface area contributed by atoms with Crippen molar-refractivity contribution in [1.82, 2.24) is 10.2 Å². The van der Waals surface area contributed by atoms with E-state index in [4.69, 9.17) is 9.15 Å². The largest absolute Gasteiger partial charge is 0.493 e. The van der Waals surface area contributed by atoms with Crippen LogP contribution in [-0.2, 0) is 0 Å². The third-order valence-electron chi connectivity index (χ3n) is 4.77. The van der Waals surface area contributed by atoms with Crippen LogP contribution in [0.5, 0.6) is 5.75 Å². The van der Waals surface area contributed by atoms with Crippen molar-refractivity contribution in [3.8, 4) is 28.7 Å². The number of aryl methyl sites for hydroxylation is 2. The van der Waals surface area contributed by atoms with E-state index in [1.54, 1.807) is 0 Å². The Kier molecular flexibility index (Phi) is 7.24. The summed E-state index contributed by atoms with van der Waals surface area (Å²) in [5.74, 6) is 1.83. The Hall–Kier alpha value is -2.62. The lowest BCUT2D eigenvalue weighted by Gasteiger charge is -2.09. The van der Waals surface area contributed by atoms with Gasteiger partial charge in [-0.1, -0.05) is 68.4 Å². The Morgan fingerprint density at radius 3 is 2.29 bits per heavy atom. The molecule has 3 aromatic rings. The first-order valence-corrected chi connectivity index (χ1v) is 10.3. The van der Waals surface area contributed by atoms with Crippen LogP contribution < -0.4 is 4.74 Å². The van der Waals surface area contributed by atoms with Gasteiger partial charge in [-0.2, -0.15) is 0 Å². The van der Waals surface area contributed by atoms with Crippen LogP contribution in [0.4, 0.5) is 0 Å². The lowest BCUT2D eigenvalue weighted by Crippen LogP contribution is -1.99. The van der Waals surface area contributed by atoms with Crippen molar-refractivity contribution >= 4 is 0 Å². The van der Waals surface area contributed by atoms with Gasteiger partial charge in [0.25, 0.3) is 5.89 Å². The highest BCUT2D eigenvalue weighted by Gasteiger charge is 2.15. The molecular weight excluding hydrogens is 348 g/mol. The summed E-state index contributed by atoms with van der Waals surface area (Å²) in [6, 6.07) is 14.1. The Labute approximate surface area is 168 Å². The molecule has 1 heterocycles. The lowest BCUT2D eigenvalue weighted by molar-refractivity contribution is 0.305. The molecule has 28 heavy (non-hydrogen) atoms. The topological polar surface area (TPSA) is 48.2 Å². The number of rotatable bonds is 10. The fraction of sp³-hybridized carbons (Fsp3) is 0.417. The SMILES string of the molecule is CCCCCCCCOc1ccccc1-c1nnc(-c2cc(C)cc(C)c2)o1. The molecule has 4 nitrogen and oxygen atoms in total. The van der Waals surface area contributed by atoms with Crippen molar-refractivity contribution in [2.75, 3.05) is 6.61 Å². The van der Waals surface area contributed by atoms with E-state index in [0.717, 1.165) is 23.3 Å². The minimum atomic E-state index is 0.493. The molecule has 0 saturated carbocycles. The summed E-state index contributed by atoms with van der Waals surface area (Å²) in [6.45, 7) is 7.09. The number of aromatic nitrogens is 2. The second kappa shape index (κ2) is 10.1. The number of para-hydroxylation sites is 1. The first kappa shape index (κ1) is 20.1. The molecule has 0 bridgehead atoms. The van der Waals surface area contributed by atoms with Crippen LogP contribution >= 0.6 is 0 Å². The minimum Gasteiger partial charge on any atom is -0.493 e. The van der Waals surface area contributed by atoms with Crippen molar-refractivity contribution in [2.24, 2.45) is 0 Å². The van der Waals surface area contributed by atoms with Crippen molar-refractivity contribution in [3.63, 3.8) is 0 Å². The van der Waals surface area contributed by atoms with E-state index in [2.05, 4.69) is 49.2 Å². The second-order valence-corrected chi connectivity index (χ2v) is 7.40. The Balaban J connectivity index is 1.67. The maximum atomic E-state index is 6.02. The lowest BCUT2D eigenvalue weighted by atomic mass is 10.1. The molecule has 0 saturated heterocycles. The average Bonchev–Trinajstić information content (AvgIpc) is 3.17. The predicted octanol–water partition coefficient (Wildman–Crippen LogP) is 6.76. The normalized spacial score (nSPS) is 11.0. The molecule has 4 heteroatoms. The molecule has 1 aromatic heterocycles. The van der Waals surface area contributed by atoms with Crippen LogP contribution in [0.15, 0.2) is 46.9 Å². The molecule has 2 aromatic carbocycles. The third kappa shape index (κ3) is 5.44. The van der Waals surface area contributed by atoms with Crippen molar-refractivity contribution in [2.45, 2.75) is 59.3 Å². The highest BCUT2D eigenvalue weighted by Crippen LogP contribution is 2.31. The van der Waals surface area contributed by atoms with Gasteiger partial charge in [-0.15, -0.1) is 10.2 Å². The first-order chi connectivity index (χ1) is 13.7. The highest BCUT2D eigenvalue weighted by molar-refractivity contribution is 5.64. The monoisotopic (exact) mass is 378 g/mol. The van der Waals surface area contributed by atoms with Crippen molar-refractivity contribution in [3.05, 3.63) is 53.6 Å². The maximum absolute atomic E-state index is 6.02. The number of hydrogen-bond donors (Lipinski definition) is 0.